The number of nitrogens with one attached hydrogen (secondary N) is 1. The minimum Gasteiger partial charge on any atom is -0.493 e. The zero-order valence-corrected chi connectivity index (χ0v) is 20.1. The Hall–Kier alpha value is -3.17. The van der Waals surface area contributed by atoms with E-state index >= 15 is 0 Å². The van der Waals surface area contributed by atoms with Crippen molar-refractivity contribution in [2.75, 3.05) is 12.4 Å². The van der Waals surface area contributed by atoms with Gasteiger partial charge in [0.2, 0.25) is 0 Å². The first-order valence-corrected chi connectivity index (χ1v) is 10.9. The van der Waals surface area contributed by atoms with Gasteiger partial charge in [0, 0.05) is 5.02 Å². The molecule has 0 saturated carbocycles. The molecule has 0 aliphatic carbocycles. The van der Waals surface area contributed by atoms with Crippen LogP contribution < -0.4 is 14.8 Å². The molecule has 33 heavy (non-hydrogen) atoms. The lowest BCUT2D eigenvalue weighted by Crippen LogP contribution is -2.13. The van der Waals surface area contributed by atoms with Crippen molar-refractivity contribution in [3.05, 3.63) is 91.9 Å². The molecule has 8 heteroatoms. The van der Waals surface area contributed by atoms with Crippen LogP contribution in [0.15, 0.2) is 60.2 Å². The van der Waals surface area contributed by atoms with E-state index in [-0.39, 0.29) is 10.6 Å². The van der Waals surface area contributed by atoms with E-state index in [0.29, 0.717) is 39.4 Å². The zero-order chi connectivity index (χ0) is 24.0. The largest absolute Gasteiger partial charge is 0.493 e. The molecule has 0 bridgehead atoms. The molecule has 3 aromatic carbocycles. The van der Waals surface area contributed by atoms with Crippen molar-refractivity contribution in [3.8, 4) is 17.6 Å². The van der Waals surface area contributed by atoms with Gasteiger partial charge in [-0.25, -0.2) is 0 Å². The van der Waals surface area contributed by atoms with Gasteiger partial charge in [-0.15, -0.1) is 0 Å². The molecule has 0 aliphatic heterocycles. The van der Waals surface area contributed by atoms with Crippen molar-refractivity contribution in [3.63, 3.8) is 0 Å². The van der Waals surface area contributed by atoms with E-state index in [1.165, 1.54) is 19.3 Å². The van der Waals surface area contributed by atoms with Gasteiger partial charge in [-0.1, -0.05) is 59.1 Å². The Morgan fingerprint density at radius 3 is 2.55 bits per heavy atom. The normalized spacial score (nSPS) is 11.0. The van der Waals surface area contributed by atoms with Crippen LogP contribution in [0.1, 0.15) is 16.7 Å². The summed E-state index contributed by atoms with van der Waals surface area (Å²) in [7, 11) is 1.48. The Balaban J connectivity index is 1.85. The summed E-state index contributed by atoms with van der Waals surface area (Å²) < 4.78 is 11.3. The van der Waals surface area contributed by atoms with Crippen molar-refractivity contribution < 1.29 is 14.3 Å². The highest BCUT2D eigenvalue weighted by atomic mass is 35.5. The Morgan fingerprint density at radius 2 is 1.85 bits per heavy atom. The number of hydrogen-bond acceptors (Lipinski definition) is 4. The maximum Gasteiger partial charge on any atom is 0.266 e. The van der Waals surface area contributed by atoms with E-state index in [1.54, 1.807) is 24.3 Å². The molecular weight excluding hydrogens is 483 g/mol. The van der Waals surface area contributed by atoms with Gasteiger partial charge in [0.05, 0.1) is 22.8 Å². The molecular formula is C25H19Cl3N2O3. The summed E-state index contributed by atoms with van der Waals surface area (Å²) in [5.74, 6) is 0.0998. The predicted molar refractivity (Wildman–Crippen MR) is 132 cm³/mol. The molecule has 0 heterocycles. The second kappa shape index (κ2) is 11.1. The van der Waals surface area contributed by atoms with Crippen molar-refractivity contribution >= 4 is 52.5 Å². The maximum atomic E-state index is 12.6. The first-order chi connectivity index (χ1) is 15.8. The Morgan fingerprint density at radius 1 is 1.09 bits per heavy atom. The SMILES string of the molecule is COc1cc(/C=C(\C#N)C(=O)Nc2cc(Cl)ccc2Cl)cc(Cl)c1OCc1ccccc1C. The highest BCUT2D eigenvalue weighted by molar-refractivity contribution is 6.36. The van der Waals surface area contributed by atoms with Gasteiger partial charge in [-0.3, -0.25) is 4.79 Å². The molecule has 0 aromatic heterocycles. The molecule has 0 unspecified atom stereocenters. The van der Waals surface area contributed by atoms with Crippen LogP contribution in [-0.4, -0.2) is 13.0 Å². The van der Waals surface area contributed by atoms with Crippen molar-refractivity contribution in [2.24, 2.45) is 0 Å². The number of methoxy groups -OCH3 is 1. The number of carbonyl (C=O) groups is 1. The van der Waals surface area contributed by atoms with Gasteiger partial charge in [0.15, 0.2) is 11.5 Å². The summed E-state index contributed by atoms with van der Waals surface area (Å²) in [6.07, 6.45) is 1.40. The summed E-state index contributed by atoms with van der Waals surface area (Å²) in [6.45, 7) is 2.31. The molecule has 3 rings (SSSR count). The molecule has 1 amide bonds. The molecule has 0 aliphatic rings. The summed E-state index contributed by atoms with van der Waals surface area (Å²) in [5, 5.41) is 13.1. The number of ether oxygens (including phenoxy) is 2. The number of aryl methyl sites for hydroxylation is 1. The highest BCUT2D eigenvalue weighted by Gasteiger charge is 2.16. The fourth-order valence-electron chi connectivity index (χ4n) is 2.98. The third-order valence-electron chi connectivity index (χ3n) is 4.74. The van der Waals surface area contributed by atoms with E-state index in [2.05, 4.69) is 5.32 Å². The monoisotopic (exact) mass is 500 g/mol. The standard InChI is InChI=1S/C25H19Cl3N2O3/c1-15-5-3-4-6-17(15)14-33-24-21(28)10-16(11-23(24)32-2)9-18(13-29)25(31)30-22-12-19(26)7-8-20(22)27/h3-12H,14H2,1-2H3,(H,30,31)/b18-9+. The second-order valence-electron chi connectivity index (χ2n) is 7.00. The van der Waals surface area contributed by atoms with Crippen LogP contribution in [-0.2, 0) is 11.4 Å². The van der Waals surface area contributed by atoms with Crippen molar-refractivity contribution in [1.29, 1.82) is 5.26 Å². The lowest BCUT2D eigenvalue weighted by molar-refractivity contribution is -0.112. The minimum absolute atomic E-state index is 0.155. The van der Waals surface area contributed by atoms with Gasteiger partial charge in [-0.05, 0) is 60.0 Å². The first-order valence-electron chi connectivity index (χ1n) is 9.75. The minimum atomic E-state index is -0.642. The number of hydrogen-bond donors (Lipinski definition) is 1. The van der Waals surface area contributed by atoms with Crippen LogP contribution in [0.2, 0.25) is 15.1 Å². The number of halogens is 3. The smallest absolute Gasteiger partial charge is 0.266 e. The molecule has 1 N–H and O–H groups in total. The summed E-state index contributed by atoms with van der Waals surface area (Å²) in [4.78, 5) is 12.6. The van der Waals surface area contributed by atoms with E-state index in [0.717, 1.165) is 11.1 Å². The lowest BCUT2D eigenvalue weighted by atomic mass is 10.1. The average Bonchev–Trinajstić information content (AvgIpc) is 2.79. The molecule has 0 fully saturated rings. The van der Waals surface area contributed by atoms with Gasteiger partial charge < -0.3 is 14.8 Å². The molecule has 168 valence electrons. The predicted octanol–water partition coefficient (Wildman–Crippen LogP) is 7.09. The number of rotatable bonds is 7. The average molecular weight is 502 g/mol. The van der Waals surface area contributed by atoms with Crippen LogP contribution in [0, 0.1) is 18.3 Å². The van der Waals surface area contributed by atoms with Gasteiger partial charge in [0.25, 0.3) is 5.91 Å². The van der Waals surface area contributed by atoms with E-state index in [4.69, 9.17) is 44.3 Å². The molecule has 0 radical (unpaired) electrons. The van der Waals surface area contributed by atoms with Crippen LogP contribution in [0.4, 0.5) is 5.69 Å². The van der Waals surface area contributed by atoms with Crippen LogP contribution in [0.25, 0.3) is 6.08 Å². The molecule has 0 atom stereocenters. The lowest BCUT2D eigenvalue weighted by Gasteiger charge is -2.14. The third-order valence-corrected chi connectivity index (χ3v) is 5.58. The number of benzene rings is 3. The van der Waals surface area contributed by atoms with Crippen LogP contribution in [0.3, 0.4) is 0 Å². The number of nitriles is 1. The van der Waals surface area contributed by atoms with E-state index < -0.39 is 5.91 Å². The van der Waals surface area contributed by atoms with Crippen LogP contribution in [0.5, 0.6) is 11.5 Å². The Kier molecular flexibility index (Phi) is 8.24. The quantitative estimate of drug-likeness (QED) is 0.277. The van der Waals surface area contributed by atoms with Gasteiger partial charge in [-0.2, -0.15) is 5.26 Å². The summed E-state index contributed by atoms with van der Waals surface area (Å²) >= 11 is 18.5. The maximum absolute atomic E-state index is 12.6. The highest BCUT2D eigenvalue weighted by Crippen LogP contribution is 2.38. The zero-order valence-electron chi connectivity index (χ0n) is 17.8. The van der Waals surface area contributed by atoms with E-state index in [1.807, 2.05) is 37.3 Å². The van der Waals surface area contributed by atoms with Gasteiger partial charge in [0.1, 0.15) is 18.2 Å². The molecule has 5 nitrogen and oxygen atoms in total. The number of amides is 1. The number of nitrogens with zero attached hydrogens (tertiary/aromatic N) is 1. The molecule has 0 saturated heterocycles. The number of carbonyl (C=O) groups excluding carboxylic acids is 1. The van der Waals surface area contributed by atoms with Gasteiger partial charge >= 0.3 is 0 Å². The fourth-order valence-corrected chi connectivity index (χ4v) is 3.59. The summed E-state index contributed by atoms with van der Waals surface area (Å²) in [6, 6.07) is 17.6. The fraction of sp³-hybridized carbons (Fsp3) is 0.120. The molecule has 3 aromatic rings. The summed E-state index contributed by atoms with van der Waals surface area (Å²) in [5.41, 5.74) is 2.74. The van der Waals surface area contributed by atoms with Crippen molar-refractivity contribution in [2.45, 2.75) is 13.5 Å². The Labute approximate surface area is 207 Å². The number of anilines is 1. The third kappa shape index (κ3) is 6.21. The topological polar surface area (TPSA) is 71.3 Å². The second-order valence-corrected chi connectivity index (χ2v) is 8.25. The van der Waals surface area contributed by atoms with Crippen LogP contribution >= 0.6 is 34.8 Å². The first kappa shape index (κ1) is 24.5. The van der Waals surface area contributed by atoms with Crippen molar-refractivity contribution in [1.82, 2.24) is 0 Å². The van der Waals surface area contributed by atoms with E-state index in [9.17, 15) is 10.1 Å². The Bertz CT molecular complexity index is 1270. The molecule has 0 spiro atoms.